The second kappa shape index (κ2) is 5.63. The minimum absolute atomic E-state index is 0.0762. The lowest BCUT2D eigenvalue weighted by Crippen LogP contribution is -2.22. The average Bonchev–Trinajstić information content (AvgIpc) is 2.61. The molecule has 0 atom stereocenters. The number of benzene rings is 1. The Morgan fingerprint density at radius 3 is 2.79 bits per heavy atom. The van der Waals surface area contributed by atoms with Crippen molar-refractivity contribution in [1.82, 2.24) is 4.90 Å². The van der Waals surface area contributed by atoms with Gasteiger partial charge in [-0.15, -0.1) is 0 Å². The highest BCUT2D eigenvalue weighted by molar-refractivity contribution is 8.26. The molecule has 0 radical (unpaired) electrons. The van der Waals surface area contributed by atoms with Crippen LogP contribution in [0, 0.1) is 0 Å². The van der Waals surface area contributed by atoms with Gasteiger partial charge in [-0.1, -0.05) is 24.0 Å². The number of amides is 1. The summed E-state index contributed by atoms with van der Waals surface area (Å²) in [6.45, 7) is 2.41. The van der Waals surface area contributed by atoms with Gasteiger partial charge in [-0.05, 0) is 25.1 Å². The van der Waals surface area contributed by atoms with Gasteiger partial charge in [0.2, 0.25) is 0 Å². The van der Waals surface area contributed by atoms with Crippen LogP contribution in [0.4, 0.5) is 0 Å². The molecule has 4 nitrogen and oxygen atoms in total. The van der Waals surface area contributed by atoms with Crippen LogP contribution in [0.15, 0.2) is 23.1 Å². The van der Waals surface area contributed by atoms with Crippen molar-refractivity contribution in [3.63, 3.8) is 0 Å². The molecular weight excluding hydrogens is 282 g/mol. The number of carbonyl (C=O) groups is 1. The maximum absolute atomic E-state index is 11.8. The van der Waals surface area contributed by atoms with E-state index in [-0.39, 0.29) is 11.7 Å². The molecule has 0 unspecified atom stereocenters. The Balaban J connectivity index is 2.29. The molecule has 1 heterocycles. The lowest BCUT2D eigenvalue weighted by molar-refractivity contribution is -0.121. The number of nitrogens with zero attached hydrogens (tertiary/aromatic N) is 1. The summed E-state index contributed by atoms with van der Waals surface area (Å²) in [6, 6.07) is 4.99. The first-order valence-electron chi connectivity index (χ1n) is 5.70. The number of thioether (sulfide) groups is 1. The number of phenolic OH excluding ortho intramolecular Hbond substituents is 1. The number of thiocarbonyl (C=S) groups is 1. The summed E-state index contributed by atoms with van der Waals surface area (Å²) in [5.41, 5.74) is 0.567. The third-order valence-electron chi connectivity index (χ3n) is 2.59. The fraction of sp³-hybridized carbons (Fsp3) is 0.231. The summed E-state index contributed by atoms with van der Waals surface area (Å²) in [5, 5.41) is 9.90. The van der Waals surface area contributed by atoms with Crippen LogP contribution in [0.1, 0.15) is 12.5 Å². The average molecular weight is 295 g/mol. The minimum Gasteiger partial charge on any atom is -0.507 e. The van der Waals surface area contributed by atoms with Crippen LogP contribution in [0.5, 0.6) is 11.5 Å². The molecule has 1 saturated heterocycles. The van der Waals surface area contributed by atoms with Crippen molar-refractivity contribution in [3.05, 3.63) is 28.7 Å². The molecule has 1 aromatic rings. The fourth-order valence-electron chi connectivity index (χ4n) is 1.59. The molecular formula is C13H13NO3S2. The second-order valence-corrected chi connectivity index (χ2v) is 5.57. The molecule has 1 aromatic carbocycles. The number of rotatable bonds is 3. The summed E-state index contributed by atoms with van der Waals surface area (Å²) in [4.78, 5) is 13.8. The van der Waals surface area contributed by atoms with Crippen molar-refractivity contribution >= 4 is 40.3 Å². The summed E-state index contributed by atoms with van der Waals surface area (Å²) in [6.07, 6.45) is 1.63. The Hall–Kier alpha value is -1.53. The zero-order valence-corrected chi connectivity index (χ0v) is 12.2. The molecule has 1 aliphatic heterocycles. The fourth-order valence-corrected chi connectivity index (χ4v) is 2.76. The Labute approximate surface area is 121 Å². The first-order valence-corrected chi connectivity index (χ1v) is 6.92. The maximum atomic E-state index is 11.8. The van der Waals surface area contributed by atoms with Gasteiger partial charge in [0, 0.05) is 18.7 Å². The number of phenols is 1. The quantitative estimate of drug-likeness (QED) is 0.686. The van der Waals surface area contributed by atoms with Gasteiger partial charge in [-0.3, -0.25) is 9.69 Å². The first kappa shape index (κ1) is 13.9. The van der Waals surface area contributed by atoms with E-state index >= 15 is 0 Å². The van der Waals surface area contributed by atoms with E-state index in [0.29, 0.717) is 27.1 Å². The summed E-state index contributed by atoms with van der Waals surface area (Å²) < 4.78 is 5.80. The molecule has 1 aliphatic rings. The predicted molar refractivity (Wildman–Crippen MR) is 80.2 cm³/mol. The number of aromatic hydroxyl groups is 1. The van der Waals surface area contributed by atoms with Gasteiger partial charge in [-0.2, -0.15) is 0 Å². The van der Waals surface area contributed by atoms with Gasteiger partial charge in [0.05, 0.1) is 11.5 Å². The maximum Gasteiger partial charge on any atom is 0.265 e. The van der Waals surface area contributed by atoms with E-state index < -0.39 is 0 Å². The van der Waals surface area contributed by atoms with Crippen LogP contribution in [0.3, 0.4) is 0 Å². The monoisotopic (exact) mass is 295 g/mol. The molecule has 1 fully saturated rings. The number of carbonyl (C=O) groups excluding carboxylic acids is 1. The van der Waals surface area contributed by atoms with Crippen molar-refractivity contribution in [2.45, 2.75) is 6.92 Å². The molecule has 1 amide bonds. The van der Waals surface area contributed by atoms with Crippen LogP contribution < -0.4 is 4.74 Å². The lowest BCUT2D eigenvalue weighted by Gasteiger charge is -2.06. The largest absolute Gasteiger partial charge is 0.507 e. The predicted octanol–water partition coefficient (Wildman–Crippen LogP) is 2.62. The van der Waals surface area contributed by atoms with E-state index in [0.717, 1.165) is 0 Å². The van der Waals surface area contributed by atoms with E-state index in [1.807, 2.05) is 6.92 Å². The van der Waals surface area contributed by atoms with E-state index in [4.69, 9.17) is 17.0 Å². The molecule has 2 rings (SSSR count). The molecule has 0 saturated carbocycles. The van der Waals surface area contributed by atoms with Crippen LogP contribution in [0.2, 0.25) is 0 Å². The Morgan fingerprint density at radius 1 is 1.53 bits per heavy atom. The molecule has 6 heteroatoms. The summed E-state index contributed by atoms with van der Waals surface area (Å²) >= 11 is 6.27. The van der Waals surface area contributed by atoms with Gasteiger partial charge >= 0.3 is 0 Å². The van der Waals surface area contributed by atoms with Crippen molar-refractivity contribution < 1.29 is 14.6 Å². The van der Waals surface area contributed by atoms with Crippen LogP contribution in [0.25, 0.3) is 6.08 Å². The van der Waals surface area contributed by atoms with Crippen LogP contribution >= 0.6 is 24.0 Å². The van der Waals surface area contributed by atoms with Crippen LogP contribution in [-0.4, -0.2) is 33.9 Å². The summed E-state index contributed by atoms with van der Waals surface area (Å²) in [7, 11) is 1.64. The van der Waals surface area contributed by atoms with E-state index in [1.54, 1.807) is 25.3 Å². The Kier molecular flexibility index (Phi) is 4.11. The van der Waals surface area contributed by atoms with Crippen molar-refractivity contribution in [2.75, 3.05) is 13.7 Å². The lowest BCUT2D eigenvalue weighted by atomic mass is 10.1. The minimum atomic E-state index is -0.150. The highest BCUT2D eigenvalue weighted by atomic mass is 32.2. The number of hydrogen-bond donors (Lipinski definition) is 1. The SMILES string of the molecule is CCOc1ccc(/C=C2/SC(=S)N(C)C2=O)c(O)c1. The first-order chi connectivity index (χ1) is 9.02. The third kappa shape index (κ3) is 2.90. The third-order valence-corrected chi connectivity index (χ3v) is 4.07. The molecule has 0 spiro atoms. The van der Waals surface area contributed by atoms with Gasteiger partial charge in [0.1, 0.15) is 15.8 Å². The second-order valence-electron chi connectivity index (χ2n) is 3.89. The van der Waals surface area contributed by atoms with Crippen molar-refractivity contribution in [2.24, 2.45) is 0 Å². The molecule has 1 N–H and O–H groups in total. The van der Waals surface area contributed by atoms with E-state index in [1.165, 1.54) is 22.7 Å². The highest BCUT2D eigenvalue weighted by Crippen LogP contribution is 2.34. The molecule has 19 heavy (non-hydrogen) atoms. The van der Waals surface area contributed by atoms with Crippen molar-refractivity contribution in [1.29, 1.82) is 0 Å². The number of ether oxygens (including phenoxy) is 1. The topological polar surface area (TPSA) is 49.8 Å². The Morgan fingerprint density at radius 2 is 2.26 bits per heavy atom. The number of likely N-dealkylation sites (N-methyl/N-ethyl adjacent to an activating group) is 1. The summed E-state index contributed by atoms with van der Waals surface area (Å²) in [5.74, 6) is 0.524. The zero-order valence-electron chi connectivity index (χ0n) is 10.5. The molecule has 0 aliphatic carbocycles. The van der Waals surface area contributed by atoms with E-state index in [2.05, 4.69) is 0 Å². The van der Waals surface area contributed by atoms with Gasteiger partial charge in [-0.25, -0.2) is 0 Å². The molecule has 0 aromatic heterocycles. The van der Waals surface area contributed by atoms with Gasteiger partial charge < -0.3 is 9.84 Å². The zero-order chi connectivity index (χ0) is 14.0. The van der Waals surface area contributed by atoms with Crippen molar-refractivity contribution in [3.8, 4) is 11.5 Å². The van der Waals surface area contributed by atoms with Crippen LogP contribution in [-0.2, 0) is 4.79 Å². The van der Waals surface area contributed by atoms with E-state index in [9.17, 15) is 9.90 Å². The smallest absolute Gasteiger partial charge is 0.265 e. The number of hydrogen-bond acceptors (Lipinski definition) is 5. The highest BCUT2D eigenvalue weighted by Gasteiger charge is 2.28. The Bertz CT molecular complexity index is 569. The van der Waals surface area contributed by atoms with Gasteiger partial charge in [0.15, 0.2) is 0 Å². The standard InChI is InChI=1S/C13H13NO3S2/c1-3-17-9-5-4-8(10(15)7-9)6-11-12(16)14(2)13(18)19-11/h4-7,15H,3H2,1-2H3/b11-6+. The molecule has 100 valence electrons. The molecule has 0 bridgehead atoms. The normalized spacial score (nSPS) is 17.4. The van der Waals surface area contributed by atoms with Gasteiger partial charge in [0.25, 0.3) is 5.91 Å².